The minimum absolute atomic E-state index is 0.0486. The summed E-state index contributed by atoms with van der Waals surface area (Å²) in [5.74, 6) is -3.28. The van der Waals surface area contributed by atoms with Gasteiger partial charge in [0.15, 0.2) is 0 Å². The second kappa shape index (κ2) is 5.58. The van der Waals surface area contributed by atoms with E-state index < -0.39 is 17.8 Å². The van der Waals surface area contributed by atoms with E-state index in [1.165, 1.54) is 19.4 Å². The Morgan fingerprint density at radius 2 is 1.90 bits per heavy atom. The minimum Gasteiger partial charge on any atom is -0.480 e. The van der Waals surface area contributed by atoms with E-state index in [9.17, 15) is 14.0 Å². The van der Waals surface area contributed by atoms with Crippen LogP contribution in [0.2, 0.25) is 0 Å². The van der Waals surface area contributed by atoms with Gasteiger partial charge in [-0.25, -0.2) is 19.0 Å². The van der Waals surface area contributed by atoms with Crippen molar-refractivity contribution in [2.75, 3.05) is 7.11 Å². The van der Waals surface area contributed by atoms with E-state index in [4.69, 9.17) is 14.9 Å². The van der Waals surface area contributed by atoms with Crippen molar-refractivity contribution in [3.63, 3.8) is 0 Å². The van der Waals surface area contributed by atoms with Crippen LogP contribution in [0, 0.1) is 5.82 Å². The smallest absolute Gasteiger partial charge is 0.341 e. The SMILES string of the molecule is COc1ncc(-c2cc(C(=O)O)ccc2F)cc1C(=O)O. The van der Waals surface area contributed by atoms with Crippen molar-refractivity contribution < 1.29 is 28.9 Å². The Balaban J connectivity index is 2.61. The fourth-order valence-electron chi connectivity index (χ4n) is 1.79. The maximum atomic E-state index is 13.8. The standard InChI is InChI=1S/C14H10FNO5/c1-21-12-10(14(19)20)5-8(6-16-12)9-4-7(13(17)18)2-3-11(9)15/h2-6H,1H3,(H,17,18)(H,19,20). The van der Waals surface area contributed by atoms with Gasteiger partial charge in [0.05, 0.1) is 12.7 Å². The molecular weight excluding hydrogens is 281 g/mol. The third-order valence-electron chi connectivity index (χ3n) is 2.80. The Morgan fingerprint density at radius 1 is 1.19 bits per heavy atom. The highest BCUT2D eigenvalue weighted by Gasteiger charge is 2.16. The van der Waals surface area contributed by atoms with Gasteiger partial charge in [-0.1, -0.05) is 0 Å². The van der Waals surface area contributed by atoms with Crippen molar-refractivity contribution >= 4 is 11.9 Å². The van der Waals surface area contributed by atoms with E-state index in [1.54, 1.807) is 0 Å². The first kappa shape index (κ1) is 14.4. The highest BCUT2D eigenvalue weighted by atomic mass is 19.1. The number of carboxylic acid groups (broad SMARTS) is 2. The van der Waals surface area contributed by atoms with Crippen molar-refractivity contribution in [1.29, 1.82) is 0 Å². The zero-order chi connectivity index (χ0) is 15.6. The number of methoxy groups -OCH3 is 1. The Hall–Kier alpha value is -2.96. The summed E-state index contributed by atoms with van der Waals surface area (Å²) in [6.45, 7) is 0. The molecule has 108 valence electrons. The van der Waals surface area contributed by atoms with Gasteiger partial charge in [-0.05, 0) is 24.3 Å². The lowest BCUT2D eigenvalue weighted by atomic mass is 10.0. The second-order valence-electron chi connectivity index (χ2n) is 4.09. The van der Waals surface area contributed by atoms with Crippen molar-refractivity contribution in [3.05, 3.63) is 47.4 Å². The lowest BCUT2D eigenvalue weighted by Gasteiger charge is -2.08. The van der Waals surface area contributed by atoms with Gasteiger partial charge in [-0.15, -0.1) is 0 Å². The fourth-order valence-corrected chi connectivity index (χ4v) is 1.79. The number of aromatic nitrogens is 1. The maximum Gasteiger partial charge on any atom is 0.341 e. The number of hydrogen-bond acceptors (Lipinski definition) is 4. The first-order chi connectivity index (χ1) is 9.93. The first-order valence-corrected chi connectivity index (χ1v) is 5.74. The molecule has 0 aliphatic carbocycles. The molecule has 0 aliphatic heterocycles. The summed E-state index contributed by atoms with van der Waals surface area (Å²) in [7, 11) is 1.26. The number of hydrogen-bond donors (Lipinski definition) is 2. The molecule has 21 heavy (non-hydrogen) atoms. The van der Waals surface area contributed by atoms with Crippen LogP contribution in [0.3, 0.4) is 0 Å². The third kappa shape index (κ3) is 2.81. The lowest BCUT2D eigenvalue weighted by Crippen LogP contribution is -2.03. The number of carbonyl (C=O) groups is 2. The van der Waals surface area contributed by atoms with E-state index in [0.29, 0.717) is 0 Å². The summed E-state index contributed by atoms with van der Waals surface area (Å²) in [4.78, 5) is 25.8. The van der Waals surface area contributed by atoms with Crippen LogP contribution < -0.4 is 4.74 Å². The van der Waals surface area contributed by atoms with Crippen LogP contribution in [0.1, 0.15) is 20.7 Å². The summed E-state index contributed by atoms with van der Waals surface area (Å²) in [5, 5.41) is 18.0. The molecule has 0 radical (unpaired) electrons. The third-order valence-corrected chi connectivity index (χ3v) is 2.80. The van der Waals surface area contributed by atoms with Crippen LogP contribution in [0.4, 0.5) is 4.39 Å². The van der Waals surface area contributed by atoms with E-state index in [1.807, 2.05) is 0 Å². The normalized spacial score (nSPS) is 10.2. The minimum atomic E-state index is -1.28. The van der Waals surface area contributed by atoms with Gasteiger partial charge in [0.2, 0.25) is 5.88 Å². The molecule has 1 heterocycles. The monoisotopic (exact) mass is 291 g/mol. The van der Waals surface area contributed by atoms with Gasteiger partial charge < -0.3 is 14.9 Å². The number of rotatable bonds is 4. The Labute approximate surface area is 118 Å². The number of pyridine rings is 1. The molecule has 1 aromatic heterocycles. The molecule has 1 aromatic carbocycles. The predicted molar refractivity (Wildman–Crippen MR) is 70.1 cm³/mol. The largest absolute Gasteiger partial charge is 0.480 e. The van der Waals surface area contributed by atoms with Gasteiger partial charge in [0, 0.05) is 17.3 Å². The molecule has 0 bridgehead atoms. The molecule has 2 N–H and O–H groups in total. The average Bonchev–Trinajstić information content (AvgIpc) is 2.46. The van der Waals surface area contributed by atoms with Gasteiger partial charge in [-0.2, -0.15) is 0 Å². The van der Waals surface area contributed by atoms with Gasteiger partial charge in [-0.3, -0.25) is 0 Å². The topological polar surface area (TPSA) is 96.7 Å². The van der Waals surface area contributed by atoms with Crippen LogP contribution in [0.15, 0.2) is 30.5 Å². The molecule has 0 spiro atoms. The van der Waals surface area contributed by atoms with E-state index in [0.717, 1.165) is 18.2 Å². The molecule has 0 atom stereocenters. The lowest BCUT2D eigenvalue weighted by molar-refractivity contribution is 0.0683. The summed E-state index contributed by atoms with van der Waals surface area (Å²) < 4.78 is 18.6. The van der Waals surface area contributed by atoms with Crippen LogP contribution in [0.5, 0.6) is 5.88 Å². The molecule has 0 saturated heterocycles. The van der Waals surface area contributed by atoms with Crippen molar-refractivity contribution in [2.45, 2.75) is 0 Å². The van der Waals surface area contributed by atoms with Crippen LogP contribution in [0.25, 0.3) is 11.1 Å². The van der Waals surface area contributed by atoms with Crippen LogP contribution in [-0.2, 0) is 0 Å². The fraction of sp³-hybridized carbons (Fsp3) is 0.0714. The molecule has 0 unspecified atom stereocenters. The first-order valence-electron chi connectivity index (χ1n) is 5.74. The van der Waals surface area contributed by atoms with E-state index >= 15 is 0 Å². The number of aromatic carboxylic acids is 2. The molecule has 6 nitrogen and oxygen atoms in total. The van der Waals surface area contributed by atoms with E-state index in [2.05, 4.69) is 4.98 Å². The molecule has 0 saturated carbocycles. The average molecular weight is 291 g/mol. The summed E-state index contributed by atoms with van der Waals surface area (Å²) >= 11 is 0. The van der Waals surface area contributed by atoms with Crippen molar-refractivity contribution in [2.24, 2.45) is 0 Å². The van der Waals surface area contributed by atoms with Gasteiger partial charge in [0.1, 0.15) is 11.4 Å². The summed E-state index contributed by atoms with van der Waals surface area (Å²) in [6.07, 6.45) is 1.22. The highest BCUT2D eigenvalue weighted by molar-refractivity contribution is 5.93. The van der Waals surface area contributed by atoms with Crippen molar-refractivity contribution in [1.82, 2.24) is 4.98 Å². The molecule has 7 heteroatoms. The Bertz CT molecular complexity index is 729. The maximum absolute atomic E-state index is 13.8. The Kier molecular flexibility index (Phi) is 3.84. The number of ether oxygens (including phenoxy) is 1. The second-order valence-corrected chi connectivity index (χ2v) is 4.09. The molecule has 0 amide bonds. The Morgan fingerprint density at radius 3 is 2.48 bits per heavy atom. The number of halogens is 1. The quantitative estimate of drug-likeness (QED) is 0.897. The van der Waals surface area contributed by atoms with Crippen LogP contribution in [-0.4, -0.2) is 34.2 Å². The van der Waals surface area contributed by atoms with Crippen LogP contribution >= 0.6 is 0 Å². The van der Waals surface area contributed by atoms with Gasteiger partial charge >= 0.3 is 11.9 Å². The molecule has 0 aliphatic rings. The van der Waals surface area contributed by atoms with E-state index in [-0.39, 0.29) is 28.1 Å². The zero-order valence-electron chi connectivity index (χ0n) is 10.8. The van der Waals surface area contributed by atoms with Crippen molar-refractivity contribution in [3.8, 4) is 17.0 Å². The number of benzene rings is 1. The molecule has 0 fully saturated rings. The molecular formula is C14H10FNO5. The predicted octanol–water partition coefficient (Wildman–Crippen LogP) is 2.29. The summed E-state index contributed by atoms with van der Waals surface area (Å²) in [5.41, 5.74) is -0.254. The molecule has 2 aromatic rings. The highest BCUT2D eigenvalue weighted by Crippen LogP contribution is 2.27. The zero-order valence-corrected chi connectivity index (χ0v) is 10.8. The summed E-state index contributed by atoms with van der Waals surface area (Å²) in [6, 6.07) is 4.42. The van der Waals surface area contributed by atoms with Gasteiger partial charge in [0.25, 0.3) is 0 Å². The molecule has 2 rings (SSSR count). The number of carboxylic acids is 2. The number of nitrogens with zero attached hydrogens (tertiary/aromatic N) is 1.